The summed E-state index contributed by atoms with van der Waals surface area (Å²) in [6, 6.07) is 7.53. The molecule has 1 heterocycles. The van der Waals surface area contributed by atoms with E-state index in [0.717, 1.165) is 16.5 Å². The lowest BCUT2D eigenvalue weighted by molar-refractivity contribution is 0.282. The quantitative estimate of drug-likeness (QED) is 0.641. The molecule has 0 spiro atoms. The molecule has 0 aliphatic heterocycles. The van der Waals surface area contributed by atoms with E-state index in [2.05, 4.69) is 4.98 Å². The van der Waals surface area contributed by atoms with Crippen LogP contribution in [0.3, 0.4) is 0 Å². The zero-order chi connectivity index (χ0) is 9.26. The van der Waals surface area contributed by atoms with Crippen molar-refractivity contribution in [3.05, 3.63) is 36.0 Å². The molecule has 0 bridgehead atoms. The van der Waals surface area contributed by atoms with Crippen LogP contribution in [-0.2, 0) is 6.61 Å². The minimum atomic E-state index is -0.0433. The van der Waals surface area contributed by atoms with E-state index in [1.807, 2.05) is 24.3 Å². The molecule has 0 radical (unpaired) electrons. The maximum absolute atomic E-state index is 8.97. The summed E-state index contributed by atoms with van der Waals surface area (Å²) >= 11 is 0. The van der Waals surface area contributed by atoms with Crippen molar-refractivity contribution >= 4 is 16.6 Å². The molecule has 0 fully saturated rings. The average Bonchev–Trinajstić information content (AvgIpc) is 2.19. The summed E-state index contributed by atoms with van der Waals surface area (Å²) in [4.78, 5) is 4.15. The lowest BCUT2D eigenvalue weighted by atomic mass is 10.1. The van der Waals surface area contributed by atoms with Gasteiger partial charge in [-0.05, 0) is 6.07 Å². The van der Waals surface area contributed by atoms with Crippen LogP contribution < -0.4 is 5.73 Å². The number of pyridine rings is 1. The van der Waals surface area contributed by atoms with Crippen molar-refractivity contribution in [2.75, 3.05) is 5.73 Å². The van der Waals surface area contributed by atoms with Crippen LogP contribution in [-0.4, -0.2) is 10.1 Å². The SMILES string of the molecule is Nc1c(CO)ccc2cccnc12. The largest absolute Gasteiger partial charge is 0.397 e. The van der Waals surface area contributed by atoms with Gasteiger partial charge in [0.15, 0.2) is 0 Å². The van der Waals surface area contributed by atoms with Gasteiger partial charge in [0.2, 0.25) is 0 Å². The van der Waals surface area contributed by atoms with E-state index in [-0.39, 0.29) is 6.61 Å². The Morgan fingerprint density at radius 1 is 1.31 bits per heavy atom. The number of benzene rings is 1. The lowest BCUT2D eigenvalue weighted by Crippen LogP contribution is -1.96. The number of nitrogen functional groups attached to an aromatic ring is 1. The van der Waals surface area contributed by atoms with E-state index in [1.165, 1.54) is 0 Å². The second-order valence-electron chi connectivity index (χ2n) is 2.87. The van der Waals surface area contributed by atoms with Gasteiger partial charge >= 0.3 is 0 Å². The van der Waals surface area contributed by atoms with Crippen LogP contribution in [0.1, 0.15) is 5.56 Å². The molecule has 3 heteroatoms. The smallest absolute Gasteiger partial charge is 0.0934 e. The third-order valence-corrected chi connectivity index (χ3v) is 2.07. The van der Waals surface area contributed by atoms with E-state index in [9.17, 15) is 0 Å². The standard InChI is InChI=1S/C10H10N2O/c11-9-8(6-13)4-3-7-2-1-5-12-10(7)9/h1-5,13H,6,11H2. The number of aromatic nitrogens is 1. The first-order chi connectivity index (χ1) is 6.33. The highest BCUT2D eigenvalue weighted by Crippen LogP contribution is 2.22. The number of nitrogens with two attached hydrogens (primary N) is 1. The average molecular weight is 174 g/mol. The van der Waals surface area contributed by atoms with E-state index >= 15 is 0 Å². The first-order valence-electron chi connectivity index (χ1n) is 4.06. The monoisotopic (exact) mass is 174 g/mol. The Bertz CT molecular complexity index is 440. The van der Waals surface area contributed by atoms with Gasteiger partial charge in [-0.3, -0.25) is 4.98 Å². The van der Waals surface area contributed by atoms with Gasteiger partial charge in [-0.2, -0.15) is 0 Å². The first-order valence-corrected chi connectivity index (χ1v) is 4.06. The number of aliphatic hydroxyl groups is 1. The maximum atomic E-state index is 8.97. The molecule has 0 amide bonds. The summed E-state index contributed by atoms with van der Waals surface area (Å²) in [6.45, 7) is -0.0433. The fraction of sp³-hybridized carbons (Fsp3) is 0.100. The molecule has 0 saturated carbocycles. The highest BCUT2D eigenvalue weighted by Gasteiger charge is 2.02. The summed E-state index contributed by atoms with van der Waals surface area (Å²) in [5.41, 5.74) is 7.86. The third-order valence-electron chi connectivity index (χ3n) is 2.07. The fourth-order valence-corrected chi connectivity index (χ4v) is 1.35. The molecule has 2 rings (SSSR count). The third kappa shape index (κ3) is 1.23. The molecular weight excluding hydrogens is 164 g/mol. The van der Waals surface area contributed by atoms with Crippen molar-refractivity contribution in [2.24, 2.45) is 0 Å². The van der Waals surface area contributed by atoms with Gasteiger partial charge in [-0.25, -0.2) is 0 Å². The predicted octanol–water partition coefficient (Wildman–Crippen LogP) is 1.31. The zero-order valence-corrected chi connectivity index (χ0v) is 7.07. The van der Waals surface area contributed by atoms with Gasteiger partial charge < -0.3 is 10.8 Å². The van der Waals surface area contributed by atoms with E-state index in [4.69, 9.17) is 10.8 Å². The van der Waals surface area contributed by atoms with Gasteiger partial charge in [-0.1, -0.05) is 18.2 Å². The summed E-state index contributed by atoms with van der Waals surface area (Å²) < 4.78 is 0. The minimum absolute atomic E-state index is 0.0433. The summed E-state index contributed by atoms with van der Waals surface area (Å²) in [5, 5.41) is 9.97. The van der Waals surface area contributed by atoms with E-state index < -0.39 is 0 Å². The van der Waals surface area contributed by atoms with Crippen LogP contribution in [0.15, 0.2) is 30.5 Å². The second-order valence-corrected chi connectivity index (χ2v) is 2.87. The van der Waals surface area contributed by atoms with Crippen molar-refractivity contribution in [1.82, 2.24) is 4.98 Å². The Kier molecular flexibility index (Phi) is 1.87. The second kappa shape index (κ2) is 3.03. The predicted molar refractivity (Wildman–Crippen MR) is 52.1 cm³/mol. The molecular formula is C10H10N2O. The first kappa shape index (κ1) is 8.01. The normalized spacial score (nSPS) is 10.5. The van der Waals surface area contributed by atoms with E-state index in [0.29, 0.717) is 5.69 Å². The van der Waals surface area contributed by atoms with Crippen molar-refractivity contribution in [1.29, 1.82) is 0 Å². The maximum Gasteiger partial charge on any atom is 0.0934 e. The number of fused-ring (bicyclic) bond motifs is 1. The highest BCUT2D eigenvalue weighted by atomic mass is 16.3. The number of nitrogens with zero attached hydrogens (tertiary/aromatic N) is 1. The molecule has 0 aliphatic carbocycles. The van der Waals surface area contributed by atoms with Crippen molar-refractivity contribution in [2.45, 2.75) is 6.61 Å². The molecule has 13 heavy (non-hydrogen) atoms. The number of rotatable bonds is 1. The summed E-state index contributed by atoms with van der Waals surface area (Å²) in [5.74, 6) is 0. The minimum Gasteiger partial charge on any atom is -0.397 e. The molecule has 1 aromatic heterocycles. The summed E-state index contributed by atoms with van der Waals surface area (Å²) in [7, 11) is 0. The van der Waals surface area contributed by atoms with Crippen LogP contribution in [0.5, 0.6) is 0 Å². The van der Waals surface area contributed by atoms with E-state index in [1.54, 1.807) is 6.20 Å². The van der Waals surface area contributed by atoms with Crippen molar-refractivity contribution in [3.8, 4) is 0 Å². The molecule has 0 saturated heterocycles. The van der Waals surface area contributed by atoms with Crippen LogP contribution in [0, 0.1) is 0 Å². The van der Waals surface area contributed by atoms with Gasteiger partial charge in [0.1, 0.15) is 0 Å². The van der Waals surface area contributed by atoms with Crippen LogP contribution in [0.4, 0.5) is 5.69 Å². The van der Waals surface area contributed by atoms with Gasteiger partial charge in [-0.15, -0.1) is 0 Å². The van der Waals surface area contributed by atoms with Gasteiger partial charge in [0.05, 0.1) is 17.8 Å². The fourth-order valence-electron chi connectivity index (χ4n) is 1.35. The molecule has 1 aromatic carbocycles. The Morgan fingerprint density at radius 2 is 2.15 bits per heavy atom. The number of hydrogen-bond donors (Lipinski definition) is 2. The Morgan fingerprint density at radius 3 is 2.92 bits per heavy atom. The molecule has 2 aromatic rings. The number of aliphatic hydroxyl groups excluding tert-OH is 1. The van der Waals surface area contributed by atoms with Crippen LogP contribution >= 0.6 is 0 Å². The molecule has 3 N–H and O–H groups in total. The Balaban J connectivity index is 2.79. The van der Waals surface area contributed by atoms with Crippen LogP contribution in [0.25, 0.3) is 10.9 Å². The molecule has 0 atom stereocenters. The zero-order valence-electron chi connectivity index (χ0n) is 7.07. The molecule has 66 valence electrons. The number of anilines is 1. The topological polar surface area (TPSA) is 59.1 Å². The van der Waals surface area contributed by atoms with Gasteiger partial charge in [0, 0.05) is 17.1 Å². The van der Waals surface area contributed by atoms with Crippen molar-refractivity contribution < 1.29 is 5.11 Å². The van der Waals surface area contributed by atoms with Crippen molar-refractivity contribution in [3.63, 3.8) is 0 Å². The Hall–Kier alpha value is -1.61. The highest BCUT2D eigenvalue weighted by molar-refractivity contribution is 5.90. The molecule has 0 aliphatic rings. The van der Waals surface area contributed by atoms with Crippen LogP contribution in [0.2, 0.25) is 0 Å². The lowest BCUT2D eigenvalue weighted by Gasteiger charge is -2.04. The molecule has 3 nitrogen and oxygen atoms in total. The number of hydrogen-bond acceptors (Lipinski definition) is 3. The Labute approximate surface area is 75.8 Å². The van der Waals surface area contributed by atoms with Gasteiger partial charge in [0.25, 0.3) is 0 Å². The molecule has 0 unspecified atom stereocenters. The summed E-state index contributed by atoms with van der Waals surface area (Å²) in [6.07, 6.45) is 1.69.